The summed E-state index contributed by atoms with van der Waals surface area (Å²) >= 11 is 3.26. The van der Waals surface area contributed by atoms with Gasteiger partial charge in [0.1, 0.15) is 0 Å². The third-order valence-corrected chi connectivity index (χ3v) is 3.68. The van der Waals surface area contributed by atoms with Crippen molar-refractivity contribution in [2.45, 2.75) is 0 Å². The van der Waals surface area contributed by atoms with E-state index in [4.69, 9.17) is 4.74 Å². The molecule has 1 N–H and O–H groups in total. The van der Waals surface area contributed by atoms with Crippen molar-refractivity contribution in [2.24, 2.45) is 0 Å². The van der Waals surface area contributed by atoms with E-state index in [0.29, 0.717) is 11.3 Å². The van der Waals surface area contributed by atoms with E-state index in [1.54, 1.807) is 31.3 Å². The molecule has 0 aliphatic heterocycles. The molecule has 2 aromatic carbocycles. The summed E-state index contributed by atoms with van der Waals surface area (Å²) in [5.74, 6) is -1.19. The maximum Gasteiger partial charge on any atom is 0.340 e. The first kappa shape index (κ1) is 17.6. The Morgan fingerprint density at radius 3 is 2.62 bits per heavy atom. The number of esters is 1. The summed E-state index contributed by atoms with van der Waals surface area (Å²) < 4.78 is 5.73. The molecule has 124 valence electrons. The maximum absolute atomic E-state index is 12.2. The van der Waals surface area contributed by atoms with Gasteiger partial charge < -0.3 is 10.1 Å². The molecule has 0 unspecified atom stereocenters. The zero-order valence-electron chi connectivity index (χ0n) is 12.6. The zero-order valence-corrected chi connectivity index (χ0v) is 14.2. The number of carbonyl (C=O) groups is 2. The van der Waals surface area contributed by atoms with Crippen LogP contribution >= 0.6 is 15.9 Å². The summed E-state index contributed by atoms with van der Waals surface area (Å²) in [6.07, 6.45) is 0. The first-order valence-corrected chi connectivity index (χ1v) is 7.63. The van der Waals surface area contributed by atoms with Gasteiger partial charge in [-0.3, -0.25) is 14.9 Å². The van der Waals surface area contributed by atoms with Gasteiger partial charge in [-0.05, 0) is 18.2 Å². The molecule has 2 rings (SSSR count). The third-order valence-electron chi connectivity index (χ3n) is 3.18. The van der Waals surface area contributed by atoms with Crippen LogP contribution < -0.4 is 5.32 Å². The SMILES string of the molecule is CNc1ccc([N+](=O)[O-])cc1C(=O)OCC(=O)c1cccc(Br)c1. The van der Waals surface area contributed by atoms with Crippen LogP contribution in [0.4, 0.5) is 11.4 Å². The number of non-ortho nitro benzene ring substituents is 1. The first-order valence-electron chi connectivity index (χ1n) is 6.84. The van der Waals surface area contributed by atoms with Gasteiger partial charge in [0.2, 0.25) is 0 Å². The number of nitrogens with one attached hydrogen (secondary N) is 1. The minimum Gasteiger partial charge on any atom is -0.454 e. The molecular formula is C16H13BrN2O5. The summed E-state index contributed by atoms with van der Waals surface area (Å²) in [7, 11) is 1.57. The van der Waals surface area contributed by atoms with Crippen LogP contribution in [0.5, 0.6) is 0 Å². The number of ketones is 1. The van der Waals surface area contributed by atoms with Crippen molar-refractivity contribution in [3.8, 4) is 0 Å². The number of rotatable bonds is 6. The fourth-order valence-electron chi connectivity index (χ4n) is 1.99. The average molecular weight is 393 g/mol. The standard InChI is InChI=1S/C16H13BrN2O5/c1-18-14-6-5-12(19(22)23)8-13(14)16(21)24-9-15(20)10-3-2-4-11(17)7-10/h2-8,18H,9H2,1H3. The molecule has 0 aromatic heterocycles. The quantitative estimate of drug-likeness (QED) is 0.349. The molecule has 2 aromatic rings. The molecule has 0 aliphatic carbocycles. The number of anilines is 1. The van der Waals surface area contributed by atoms with E-state index in [0.717, 1.165) is 10.5 Å². The Bertz CT molecular complexity index is 807. The van der Waals surface area contributed by atoms with Crippen molar-refractivity contribution < 1.29 is 19.2 Å². The van der Waals surface area contributed by atoms with Crippen LogP contribution in [0.15, 0.2) is 46.9 Å². The molecule has 0 radical (unpaired) electrons. The Labute approximate surface area is 145 Å². The number of ether oxygens (including phenoxy) is 1. The lowest BCUT2D eigenvalue weighted by molar-refractivity contribution is -0.384. The van der Waals surface area contributed by atoms with Crippen molar-refractivity contribution >= 4 is 39.1 Å². The molecule has 0 amide bonds. The molecule has 8 heteroatoms. The second-order valence-corrected chi connectivity index (χ2v) is 5.66. The number of hydrogen-bond acceptors (Lipinski definition) is 6. The molecule has 0 saturated carbocycles. The van der Waals surface area contributed by atoms with Gasteiger partial charge in [-0.2, -0.15) is 0 Å². The monoisotopic (exact) mass is 392 g/mol. The second-order valence-electron chi connectivity index (χ2n) is 4.75. The number of nitro benzene ring substituents is 1. The average Bonchev–Trinajstić information content (AvgIpc) is 2.58. The Kier molecular flexibility index (Phi) is 5.64. The van der Waals surface area contributed by atoms with Crippen molar-refractivity contribution in [3.63, 3.8) is 0 Å². The summed E-state index contributed by atoms with van der Waals surface area (Å²) in [5.41, 5.74) is 0.526. The minimum atomic E-state index is -0.814. The Balaban J connectivity index is 2.13. The Hall–Kier alpha value is -2.74. The van der Waals surface area contributed by atoms with Crippen molar-refractivity contribution in [3.05, 3.63) is 68.2 Å². The van der Waals surface area contributed by atoms with Crippen LogP contribution in [0.3, 0.4) is 0 Å². The highest BCUT2D eigenvalue weighted by molar-refractivity contribution is 9.10. The van der Waals surface area contributed by atoms with E-state index in [9.17, 15) is 19.7 Å². The third kappa shape index (κ3) is 4.17. The molecule has 7 nitrogen and oxygen atoms in total. The van der Waals surface area contributed by atoms with Gasteiger partial charge in [-0.15, -0.1) is 0 Å². The van der Waals surface area contributed by atoms with E-state index in [1.807, 2.05) is 0 Å². The molecule has 24 heavy (non-hydrogen) atoms. The maximum atomic E-state index is 12.2. The largest absolute Gasteiger partial charge is 0.454 e. The second kappa shape index (κ2) is 7.69. The number of carbonyl (C=O) groups excluding carboxylic acids is 2. The van der Waals surface area contributed by atoms with Gasteiger partial charge in [0.05, 0.1) is 10.5 Å². The number of Topliss-reactive ketones (excluding diaryl/α,β-unsaturated/α-hetero) is 1. The van der Waals surface area contributed by atoms with E-state index >= 15 is 0 Å². The lowest BCUT2D eigenvalue weighted by Crippen LogP contribution is -2.15. The molecule has 0 fully saturated rings. The van der Waals surface area contributed by atoms with Crippen LogP contribution in [0, 0.1) is 10.1 Å². The van der Waals surface area contributed by atoms with Crippen LogP contribution in [0.25, 0.3) is 0 Å². The van der Waals surface area contributed by atoms with Gasteiger partial charge in [0.25, 0.3) is 5.69 Å². The summed E-state index contributed by atoms with van der Waals surface area (Å²) in [6, 6.07) is 10.5. The topological polar surface area (TPSA) is 98.5 Å². The van der Waals surface area contributed by atoms with Crippen LogP contribution in [-0.4, -0.2) is 30.3 Å². The predicted molar refractivity (Wildman–Crippen MR) is 91.4 cm³/mol. The van der Waals surface area contributed by atoms with Gasteiger partial charge >= 0.3 is 5.97 Å². The lowest BCUT2D eigenvalue weighted by Gasteiger charge is -2.09. The molecule has 0 heterocycles. The van der Waals surface area contributed by atoms with E-state index < -0.39 is 17.5 Å². The number of benzene rings is 2. The van der Waals surface area contributed by atoms with E-state index in [2.05, 4.69) is 21.2 Å². The van der Waals surface area contributed by atoms with Gasteiger partial charge in [-0.1, -0.05) is 28.1 Å². The molecule has 0 atom stereocenters. The van der Waals surface area contributed by atoms with E-state index in [-0.39, 0.29) is 17.0 Å². The Morgan fingerprint density at radius 1 is 1.25 bits per heavy atom. The Morgan fingerprint density at radius 2 is 2.00 bits per heavy atom. The minimum absolute atomic E-state index is 0.00579. The molecule has 0 bridgehead atoms. The lowest BCUT2D eigenvalue weighted by atomic mass is 10.1. The predicted octanol–water partition coefficient (Wildman–Crippen LogP) is 3.44. The van der Waals surface area contributed by atoms with E-state index in [1.165, 1.54) is 12.1 Å². The zero-order chi connectivity index (χ0) is 17.7. The first-order chi connectivity index (χ1) is 11.4. The van der Waals surface area contributed by atoms with Gasteiger partial charge in [-0.25, -0.2) is 4.79 Å². The number of nitro groups is 1. The number of hydrogen-bond donors (Lipinski definition) is 1. The number of halogens is 1. The van der Waals surface area contributed by atoms with Gasteiger partial charge in [0.15, 0.2) is 12.4 Å². The molecule has 0 saturated heterocycles. The van der Waals surface area contributed by atoms with Crippen LogP contribution in [0.1, 0.15) is 20.7 Å². The smallest absolute Gasteiger partial charge is 0.340 e. The number of nitrogens with zero attached hydrogens (tertiary/aromatic N) is 1. The van der Waals surface area contributed by atoms with Crippen molar-refractivity contribution in [2.75, 3.05) is 19.0 Å². The fraction of sp³-hybridized carbons (Fsp3) is 0.125. The van der Waals surface area contributed by atoms with Crippen LogP contribution in [-0.2, 0) is 4.74 Å². The highest BCUT2D eigenvalue weighted by atomic mass is 79.9. The summed E-state index contributed by atoms with van der Waals surface area (Å²) in [4.78, 5) is 34.4. The molecular weight excluding hydrogens is 380 g/mol. The van der Waals surface area contributed by atoms with Crippen LogP contribution in [0.2, 0.25) is 0 Å². The normalized spacial score (nSPS) is 10.1. The van der Waals surface area contributed by atoms with Crippen molar-refractivity contribution in [1.82, 2.24) is 0 Å². The van der Waals surface area contributed by atoms with Gasteiger partial charge in [0, 0.05) is 34.9 Å². The summed E-state index contributed by atoms with van der Waals surface area (Å²) in [6.45, 7) is -0.457. The highest BCUT2D eigenvalue weighted by Gasteiger charge is 2.19. The highest BCUT2D eigenvalue weighted by Crippen LogP contribution is 2.22. The molecule has 0 aliphatic rings. The fourth-order valence-corrected chi connectivity index (χ4v) is 2.39. The molecule has 0 spiro atoms. The summed E-state index contributed by atoms with van der Waals surface area (Å²) in [5, 5.41) is 13.6. The van der Waals surface area contributed by atoms with Crippen molar-refractivity contribution in [1.29, 1.82) is 0 Å².